The van der Waals surface area contributed by atoms with Crippen LogP contribution in [0.1, 0.15) is 18.7 Å². The molecule has 0 aliphatic heterocycles. The topological polar surface area (TPSA) is 72.2 Å². The van der Waals surface area contributed by atoms with Gasteiger partial charge in [0.1, 0.15) is 11.6 Å². The van der Waals surface area contributed by atoms with Crippen LogP contribution in [0.5, 0.6) is 0 Å². The summed E-state index contributed by atoms with van der Waals surface area (Å²) in [5.74, 6) is 1.56. The third-order valence-corrected chi connectivity index (χ3v) is 4.79. The fourth-order valence-electron chi connectivity index (χ4n) is 2.38. The van der Waals surface area contributed by atoms with E-state index in [4.69, 9.17) is 4.42 Å². The first-order valence-corrected chi connectivity index (χ1v) is 9.40. The first kappa shape index (κ1) is 16.3. The van der Waals surface area contributed by atoms with Crippen molar-refractivity contribution in [2.24, 2.45) is 0 Å². The summed E-state index contributed by atoms with van der Waals surface area (Å²) in [5.41, 5.74) is 1.63. The number of hydrogen-bond acceptors (Lipinski definition) is 5. The molecule has 24 heavy (non-hydrogen) atoms. The first-order valence-electron chi connectivity index (χ1n) is 7.51. The van der Waals surface area contributed by atoms with Gasteiger partial charge in [-0.1, -0.05) is 18.2 Å². The van der Waals surface area contributed by atoms with E-state index in [-0.39, 0.29) is 6.04 Å². The lowest BCUT2D eigenvalue weighted by Gasteiger charge is -2.13. The van der Waals surface area contributed by atoms with Gasteiger partial charge in [0.2, 0.25) is 0 Å². The lowest BCUT2D eigenvalue weighted by molar-refractivity contribution is 0.490. The average molecular weight is 342 g/mol. The Bertz CT molecular complexity index is 917. The minimum atomic E-state index is -3.19. The van der Waals surface area contributed by atoms with E-state index in [0.29, 0.717) is 4.90 Å². The molecule has 0 amide bonds. The number of nitrogens with one attached hydrogen (secondary N) is 1. The van der Waals surface area contributed by atoms with Crippen LogP contribution in [0.3, 0.4) is 0 Å². The largest absolute Gasteiger partial charge is 0.467 e. The number of furan rings is 1. The van der Waals surface area contributed by atoms with Gasteiger partial charge in [-0.05, 0) is 43.3 Å². The maximum Gasteiger partial charge on any atom is 0.175 e. The van der Waals surface area contributed by atoms with Crippen molar-refractivity contribution in [1.29, 1.82) is 0 Å². The molecule has 1 N–H and O–H groups in total. The SMILES string of the molecule is C[C@H](Nc1cccc(-c2ccc(S(C)(=O)=O)cc2)n1)c1ccco1. The van der Waals surface area contributed by atoms with Gasteiger partial charge < -0.3 is 9.73 Å². The summed E-state index contributed by atoms with van der Waals surface area (Å²) in [7, 11) is -3.19. The number of aromatic nitrogens is 1. The van der Waals surface area contributed by atoms with Crippen LogP contribution in [0.2, 0.25) is 0 Å². The van der Waals surface area contributed by atoms with E-state index in [1.165, 1.54) is 6.26 Å². The third-order valence-electron chi connectivity index (χ3n) is 3.66. The van der Waals surface area contributed by atoms with Crippen LogP contribution in [-0.2, 0) is 9.84 Å². The van der Waals surface area contributed by atoms with Crippen molar-refractivity contribution in [2.75, 3.05) is 11.6 Å². The smallest absolute Gasteiger partial charge is 0.175 e. The Kier molecular flexibility index (Phi) is 4.40. The predicted octanol–water partition coefficient (Wildman–Crippen LogP) is 3.92. The van der Waals surface area contributed by atoms with E-state index in [9.17, 15) is 8.42 Å². The molecule has 5 nitrogen and oxygen atoms in total. The summed E-state index contributed by atoms with van der Waals surface area (Å²) in [4.78, 5) is 4.88. The Labute approximate surface area is 141 Å². The Balaban J connectivity index is 1.82. The summed E-state index contributed by atoms with van der Waals surface area (Å²) >= 11 is 0. The average Bonchev–Trinajstić information content (AvgIpc) is 3.09. The minimum absolute atomic E-state index is 0.00430. The van der Waals surface area contributed by atoms with Crippen molar-refractivity contribution in [3.05, 3.63) is 66.6 Å². The van der Waals surface area contributed by atoms with Gasteiger partial charge in [-0.15, -0.1) is 0 Å². The van der Waals surface area contributed by atoms with Crippen molar-refractivity contribution in [1.82, 2.24) is 4.98 Å². The number of sulfone groups is 1. The van der Waals surface area contributed by atoms with Crippen LogP contribution in [0.25, 0.3) is 11.3 Å². The molecule has 0 saturated carbocycles. The Hall–Kier alpha value is -2.60. The lowest BCUT2D eigenvalue weighted by Crippen LogP contribution is -2.07. The first-order chi connectivity index (χ1) is 11.4. The number of benzene rings is 1. The summed E-state index contributed by atoms with van der Waals surface area (Å²) in [6.45, 7) is 1.99. The second kappa shape index (κ2) is 6.49. The molecule has 3 aromatic rings. The minimum Gasteiger partial charge on any atom is -0.467 e. The summed E-state index contributed by atoms with van der Waals surface area (Å²) < 4.78 is 28.4. The van der Waals surface area contributed by atoms with E-state index < -0.39 is 9.84 Å². The molecule has 0 bridgehead atoms. The molecule has 2 aromatic heterocycles. The highest BCUT2D eigenvalue weighted by Gasteiger charge is 2.10. The highest BCUT2D eigenvalue weighted by Crippen LogP contribution is 2.23. The van der Waals surface area contributed by atoms with Crippen LogP contribution in [-0.4, -0.2) is 19.7 Å². The van der Waals surface area contributed by atoms with Crippen molar-refractivity contribution in [3.8, 4) is 11.3 Å². The normalized spacial score (nSPS) is 12.8. The maximum absolute atomic E-state index is 11.5. The highest BCUT2D eigenvalue weighted by molar-refractivity contribution is 7.90. The highest BCUT2D eigenvalue weighted by atomic mass is 32.2. The van der Waals surface area contributed by atoms with Crippen molar-refractivity contribution >= 4 is 15.7 Å². The number of pyridine rings is 1. The van der Waals surface area contributed by atoms with Gasteiger partial charge in [-0.25, -0.2) is 13.4 Å². The number of nitrogens with zero attached hydrogens (tertiary/aromatic N) is 1. The van der Waals surface area contributed by atoms with Gasteiger partial charge in [0.25, 0.3) is 0 Å². The third kappa shape index (κ3) is 3.65. The second-order valence-corrected chi connectivity index (χ2v) is 7.60. The molecule has 2 heterocycles. The molecular formula is C18H18N2O3S. The molecule has 6 heteroatoms. The number of hydrogen-bond donors (Lipinski definition) is 1. The molecule has 3 rings (SSSR count). The molecular weight excluding hydrogens is 324 g/mol. The van der Waals surface area contributed by atoms with Crippen LogP contribution < -0.4 is 5.32 Å². The molecule has 0 fully saturated rings. The summed E-state index contributed by atoms with van der Waals surface area (Å²) in [6.07, 6.45) is 2.83. The van der Waals surface area contributed by atoms with Gasteiger partial charge >= 0.3 is 0 Å². The molecule has 0 unspecified atom stereocenters. The van der Waals surface area contributed by atoms with Gasteiger partial charge in [0.05, 0.1) is 22.9 Å². The lowest BCUT2D eigenvalue weighted by atomic mass is 10.1. The number of anilines is 1. The van der Waals surface area contributed by atoms with Crippen molar-refractivity contribution in [3.63, 3.8) is 0 Å². The molecule has 1 atom stereocenters. The molecule has 124 valence electrons. The Morgan fingerprint density at radius 3 is 2.42 bits per heavy atom. The fraction of sp³-hybridized carbons (Fsp3) is 0.167. The van der Waals surface area contributed by atoms with E-state index in [1.807, 2.05) is 37.3 Å². The Morgan fingerprint density at radius 1 is 1.04 bits per heavy atom. The Morgan fingerprint density at radius 2 is 1.79 bits per heavy atom. The van der Waals surface area contributed by atoms with Gasteiger partial charge in [-0.3, -0.25) is 0 Å². The predicted molar refractivity (Wildman–Crippen MR) is 93.5 cm³/mol. The quantitative estimate of drug-likeness (QED) is 0.761. The molecule has 0 aliphatic carbocycles. The van der Waals surface area contributed by atoms with Crippen molar-refractivity contribution in [2.45, 2.75) is 17.9 Å². The van der Waals surface area contributed by atoms with E-state index >= 15 is 0 Å². The summed E-state index contributed by atoms with van der Waals surface area (Å²) in [6, 6.07) is 16.1. The molecule has 0 spiro atoms. The van der Waals surface area contributed by atoms with Crippen LogP contribution in [0.4, 0.5) is 5.82 Å². The standard InChI is InChI=1S/C18H18N2O3S/c1-13(17-6-4-12-23-17)19-18-7-3-5-16(20-18)14-8-10-15(11-9-14)24(2,21)22/h3-13H,1-2H3,(H,19,20)/t13-/m0/s1. The molecule has 0 radical (unpaired) electrons. The van der Waals surface area contributed by atoms with Crippen LogP contribution >= 0.6 is 0 Å². The maximum atomic E-state index is 11.5. The van der Waals surface area contributed by atoms with Crippen LogP contribution in [0.15, 0.2) is 70.2 Å². The zero-order valence-electron chi connectivity index (χ0n) is 13.4. The van der Waals surface area contributed by atoms with Gasteiger partial charge in [0.15, 0.2) is 9.84 Å². The van der Waals surface area contributed by atoms with E-state index in [0.717, 1.165) is 22.8 Å². The van der Waals surface area contributed by atoms with Gasteiger partial charge in [0, 0.05) is 11.8 Å². The van der Waals surface area contributed by atoms with Crippen LogP contribution in [0, 0.1) is 0 Å². The zero-order valence-corrected chi connectivity index (χ0v) is 14.2. The zero-order chi connectivity index (χ0) is 17.2. The fourth-order valence-corrected chi connectivity index (χ4v) is 3.01. The van der Waals surface area contributed by atoms with E-state index in [1.54, 1.807) is 30.5 Å². The number of rotatable bonds is 5. The molecule has 0 aliphatic rings. The van der Waals surface area contributed by atoms with Crippen molar-refractivity contribution < 1.29 is 12.8 Å². The summed E-state index contributed by atoms with van der Waals surface area (Å²) in [5, 5.41) is 3.29. The molecule has 0 saturated heterocycles. The van der Waals surface area contributed by atoms with E-state index in [2.05, 4.69) is 10.3 Å². The monoisotopic (exact) mass is 342 g/mol. The second-order valence-electron chi connectivity index (χ2n) is 5.59. The molecule has 1 aromatic carbocycles. The van der Waals surface area contributed by atoms with Gasteiger partial charge in [-0.2, -0.15) is 0 Å².